The van der Waals surface area contributed by atoms with Crippen molar-refractivity contribution in [3.8, 4) is 0 Å². The maximum Gasteiger partial charge on any atom is 0.0696 e. The molecule has 0 saturated carbocycles. The maximum absolute atomic E-state index is 7.00. The maximum atomic E-state index is 7.00. The van der Waals surface area contributed by atoms with Gasteiger partial charge in [-0.25, -0.2) is 0 Å². The second kappa shape index (κ2) is 4.92. The zero-order valence-corrected chi connectivity index (χ0v) is 2.82. The molecule has 0 heterocycles. The molecular formula is C4H10O2. The molecule has 0 rings (SSSR count). The molecule has 6 heavy (non-hydrogen) atoms. The largest absolute Gasteiger partial charge is 0.382 e. The fourth-order valence-corrected chi connectivity index (χ4v) is 0.0417. The van der Waals surface area contributed by atoms with Crippen LogP contribution < -0.4 is 0 Å². The van der Waals surface area contributed by atoms with Gasteiger partial charge >= 0.3 is 0 Å². The average Bonchev–Trinajstić information content (AvgIpc) is 1.72. The third-order valence-corrected chi connectivity index (χ3v) is 0.144. The summed E-state index contributed by atoms with van der Waals surface area (Å²) in [4.78, 5) is 0. The van der Waals surface area contributed by atoms with Crippen LogP contribution in [-0.4, -0.2) is 27.2 Å². The molecule has 38 valence electrons. The van der Waals surface area contributed by atoms with Crippen molar-refractivity contribution in [2.75, 3.05) is 27.2 Å². The summed E-state index contributed by atoms with van der Waals surface area (Å²) in [6.07, 6.45) is 0. The van der Waals surface area contributed by atoms with Gasteiger partial charge in [-0.2, -0.15) is 0 Å². The van der Waals surface area contributed by atoms with E-state index in [9.17, 15) is 0 Å². The third-order valence-electron chi connectivity index (χ3n) is 0.144. The predicted octanol–water partition coefficient (Wildman–Crippen LogP) is 0.279. The molecular weight excluding hydrogens is 80.0 g/mol. The highest BCUT2D eigenvalue weighted by atomic mass is 16.5. The number of hydrogen-bond acceptors (Lipinski definition) is 2. The van der Waals surface area contributed by atoms with Gasteiger partial charge in [-0.1, -0.05) is 0 Å². The molecule has 0 amide bonds. The van der Waals surface area contributed by atoms with E-state index < -0.39 is 27.2 Å². The van der Waals surface area contributed by atoms with Gasteiger partial charge in [0.25, 0.3) is 0 Å². The van der Waals surface area contributed by atoms with Crippen molar-refractivity contribution in [2.45, 2.75) is 0 Å². The van der Waals surface area contributed by atoms with Crippen molar-refractivity contribution in [3.05, 3.63) is 0 Å². The molecule has 0 N–H and O–H groups in total. The van der Waals surface area contributed by atoms with E-state index in [-0.39, 0.29) is 0 Å². The fourth-order valence-electron chi connectivity index (χ4n) is 0.0417. The molecule has 2 heteroatoms. The summed E-state index contributed by atoms with van der Waals surface area (Å²) in [5, 5.41) is 0. The number of methoxy groups -OCH3 is 2. The summed E-state index contributed by atoms with van der Waals surface area (Å²) in [7, 11) is -6.43. The van der Waals surface area contributed by atoms with E-state index in [1.54, 1.807) is 0 Å². The zero-order valence-electron chi connectivity index (χ0n) is 12.8. The van der Waals surface area contributed by atoms with Crippen LogP contribution in [0.3, 0.4) is 0 Å². The summed E-state index contributed by atoms with van der Waals surface area (Å²) >= 11 is 0. The zero-order chi connectivity index (χ0) is 13.4. The van der Waals surface area contributed by atoms with E-state index in [2.05, 4.69) is 9.47 Å². The molecule has 2 nitrogen and oxygen atoms in total. The highest BCUT2D eigenvalue weighted by Crippen LogP contribution is 1.65. The first-order valence-electron chi connectivity index (χ1n) is 6.07. The SMILES string of the molecule is [2H]C([2H])([2H])OC([2H])([2H])C([2H])([2H])OC([2H])([2H])[2H]. The molecule has 0 aromatic heterocycles. The number of rotatable bonds is 3. The van der Waals surface area contributed by atoms with E-state index in [1.807, 2.05) is 0 Å². The Kier molecular flexibility index (Phi) is 0.528. The summed E-state index contributed by atoms with van der Waals surface area (Å²) in [6, 6.07) is 0. The van der Waals surface area contributed by atoms with Gasteiger partial charge in [0.05, 0.1) is 26.8 Å². The minimum Gasteiger partial charge on any atom is -0.382 e. The second-order valence-electron chi connectivity index (χ2n) is 0.408. The minimum atomic E-state index is -3.42. The minimum absolute atomic E-state index is 3.21. The Morgan fingerprint density at radius 3 is 2.33 bits per heavy atom. The highest BCUT2D eigenvalue weighted by molar-refractivity contribution is 4.17. The molecule has 0 unspecified atom stereocenters. The number of ether oxygens (including phenoxy) is 2. The lowest BCUT2D eigenvalue weighted by Gasteiger charge is -1.91. The van der Waals surface area contributed by atoms with E-state index >= 15 is 0 Å². The van der Waals surface area contributed by atoms with Gasteiger partial charge in [-0.3, -0.25) is 0 Å². The Morgan fingerprint density at radius 2 is 2.00 bits per heavy atom. The van der Waals surface area contributed by atoms with Crippen molar-refractivity contribution in [1.29, 1.82) is 0 Å². The lowest BCUT2D eigenvalue weighted by atomic mass is 10.8. The summed E-state index contributed by atoms with van der Waals surface area (Å²) < 4.78 is 75.3. The van der Waals surface area contributed by atoms with E-state index in [4.69, 9.17) is 13.7 Å². The van der Waals surface area contributed by atoms with Gasteiger partial charge in [0.2, 0.25) is 0 Å². The van der Waals surface area contributed by atoms with E-state index in [1.165, 1.54) is 0 Å². The normalized spacial score (nSPS) is 42.7. The molecule has 0 aromatic carbocycles. The lowest BCUT2D eigenvalue weighted by Crippen LogP contribution is -1.96. The molecule has 0 aliphatic rings. The van der Waals surface area contributed by atoms with Crippen molar-refractivity contribution in [3.63, 3.8) is 0 Å². The molecule has 0 bridgehead atoms. The molecule has 0 atom stereocenters. The first-order chi connectivity index (χ1) is 6.66. The molecule has 0 aliphatic heterocycles. The molecule has 0 aliphatic carbocycles. The molecule has 0 aromatic rings. The fraction of sp³-hybridized carbons (Fsp3) is 1.00. The first kappa shape index (κ1) is 0.644. The predicted molar refractivity (Wildman–Crippen MR) is 23.8 cm³/mol. The van der Waals surface area contributed by atoms with Crippen molar-refractivity contribution < 1.29 is 23.2 Å². The second-order valence-corrected chi connectivity index (χ2v) is 0.408. The smallest absolute Gasteiger partial charge is 0.0696 e. The summed E-state index contributed by atoms with van der Waals surface area (Å²) in [5.74, 6) is 0. The Bertz CT molecular complexity index is 212. The Balaban J connectivity index is 4.85. The van der Waals surface area contributed by atoms with Gasteiger partial charge in [-0.05, 0) is 0 Å². The van der Waals surface area contributed by atoms with Crippen molar-refractivity contribution >= 4 is 0 Å². The topological polar surface area (TPSA) is 18.5 Å². The van der Waals surface area contributed by atoms with Crippen LogP contribution in [0.2, 0.25) is 0 Å². The summed E-state index contributed by atoms with van der Waals surface area (Å²) in [6.45, 7) is -6.85. The number of hydrogen-bond donors (Lipinski definition) is 0. The quantitative estimate of drug-likeness (QED) is 0.507. The van der Waals surface area contributed by atoms with Crippen LogP contribution in [0.5, 0.6) is 0 Å². The van der Waals surface area contributed by atoms with Crippen LogP contribution >= 0.6 is 0 Å². The van der Waals surface area contributed by atoms with Crippen LogP contribution in [0.25, 0.3) is 0 Å². The van der Waals surface area contributed by atoms with Crippen LogP contribution in [0.4, 0.5) is 0 Å². The Hall–Kier alpha value is -0.0800. The average molecular weight is 100 g/mol. The third kappa shape index (κ3) is 3.92. The van der Waals surface area contributed by atoms with Gasteiger partial charge in [0.15, 0.2) is 0 Å². The first-order valence-corrected chi connectivity index (χ1v) is 1.07. The lowest BCUT2D eigenvalue weighted by molar-refractivity contribution is 0.103. The molecule has 0 fully saturated rings. The van der Waals surface area contributed by atoms with E-state index in [0.717, 1.165) is 0 Å². The van der Waals surface area contributed by atoms with Gasteiger partial charge in [0.1, 0.15) is 0 Å². The summed E-state index contributed by atoms with van der Waals surface area (Å²) in [5.41, 5.74) is 0. The van der Waals surface area contributed by atoms with Crippen molar-refractivity contribution in [1.82, 2.24) is 0 Å². The molecule has 0 radical (unpaired) electrons. The Morgan fingerprint density at radius 1 is 1.50 bits per heavy atom. The molecule has 0 spiro atoms. The standard InChI is InChI=1S/C4H10O2/c1-5-3-4-6-2/h3-4H2,1-2H3/i1D3,2D3,3D2,4D2. The van der Waals surface area contributed by atoms with Crippen LogP contribution in [0, 0.1) is 0 Å². The Labute approximate surface area is 52.1 Å². The van der Waals surface area contributed by atoms with Crippen LogP contribution in [-0.2, 0) is 9.47 Å². The van der Waals surface area contributed by atoms with E-state index in [0.29, 0.717) is 0 Å². The monoisotopic (exact) mass is 100 g/mol. The van der Waals surface area contributed by atoms with Gasteiger partial charge < -0.3 is 9.47 Å². The van der Waals surface area contributed by atoms with Crippen LogP contribution in [0.15, 0.2) is 0 Å². The van der Waals surface area contributed by atoms with Gasteiger partial charge in [0, 0.05) is 14.1 Å². The molecule has 0 saturated heterocycles. The highest BCUT2D eigenvalue weighted by Gasteiger charge is 1.73. The van der Waals surface area contributed by atoms with Gasteiger partial charge in [-0.15, -0.1) is 0 Å². The van der Waals surface area contributed by atoms with Crippen molar-refractivity contribution in [2.24, 2.45) is 0 Å². The van der Waals surface area contributed by atoms with Crippen LogP contribution in [0.1, 0.15) is 13.7 Å².